The average molecular weight is 480 g/mol. The zero-order valence-electron chi connectivity index (χ0n) is 14.3. The van der Waals surface area contributed by atoms with Crippen molar-refractivity contribution in [1.82, 2.24) is 4.98 Å². The minimum Gasteiger partial charge on any atom is -0.420 e. The molecule has 28 heavy (non-hydrogen) atoms. The molecule has 1 saturated heterocycles. The number of nitrogen functional groups attached to an aromatic ring is 1. The Bertz CT molecular complexity index is 880. The highest BCUT2D eigenvalue weighted by atomic mass is 79.9. The van der Waals surface area contributed by atoms with Crippen molar-refractivity contribution >= 4 is 50.8 Å². The van der Waals surface area contributed by atoms with Crippen LogP contribution in [0.15, 0.2) is 34.8 Å². The third kappa shape index (κ3) is 4.99. The molecule has 1 aromatic carbocycles. The molecule has 0 spiro atoms. The highest BCUT2D eigenvalue weighted by Crippen LogP contribution is 2.31. The van der Waals surface area contributed by atoms with Gasteiger partial charge in [-0.15, -0.1) is 8.78 Å². The first-order chi connectivity index (χ1) is 13.1. The summed E-state index contributed by atoms with van der Waals surface area (Å²) in [6.45, 7) is 0.722. The van der Waals surface area contributed by atoms with Crippen molar-refractivity contribution in [2.24, 2.45) is 0 Å². The van der Waals surface area contributed by atoms with Gasteiger partial charge in [-0.2, -0.15) is 0 Å². The van der Waals surface area contributed by atoms with Crippen LogP contribution in [-0.2, 0) is 0 Å². The molecular formula is C17H15BrClF3N4O2. The van der Waals surface area contributed by atoms with E-state index in [2.05, 4.69) is 31.0 Å². The summed E-state index contributed by atoms with van der Waals surface area (Å²) in [6, 6.07) is 6.70. The molecule has 2 aromatic rings. The normalized spacial score (nSPS) is 16.9. The number of carbonyl (C=O) groups is 1. The number of ether oxygens (including phenoxy) is 1. The Hall–Kier alpha value is -2.20. The molecule has 1 aliphatic heterocycles. The Morgan fingerprint density at radius 3 is 2.64 bits per heavy atom. The maximum atomic E-state index is 13.4. The van der Waals surface area contributed by atoms with Gasteiger partial charge in [0.1, 0.15) is 23.6 Å². The van der Waals surface area contributed by atoms with Crippen LogP contribution in [0.4, 0.5) is 30.5 Å². The van der Waals surface area contributed by atoms with Gasteiger partial charge in [0.15, 0.2) is 0 Å². The van der Waals surface area contributed by atoms with Crippen molar-refractivity contribution in [3.63, 3.8) is 0 Å². The van der Waals surface area contributed by atoms with E-state index in [0.29, 0.717) is 28.9 Å². The average Bonchev–Trinajstić information content (AvgIpc) is 3.03. The summed E-state index contributed by atoms with van der Waals surface area (Å²) < 4.78 is 43.4. The number of nitrogens with two attached hydrogens (primary N) is 1. The van der Waals surface area contributed by atoms with E-state index >= 15 is 0 Å². The number of benzene rings is 1. The topological polar surface area (TPSA) is 80.5 Å². The number of nitrogens with zero attached hydrogens (tertiary/aromatic N) is 2. The molecule has 0 radical (unpaired) electrons. The molecule has 1 atom stereocenters. The summed E-state index contributed by atoms with van der Waals surface area (Å²) in [6.07, 6.45) is -0.519. The van der Waals surface area contributed by atoms with Gasteiger partial charge in [-0.25, -0.2) is 9.37 Å². The van der Waals surface area contributed by atoms with Crippen molar-refractivity contribution in [2.45, 2.75) is 18.2 Å². The number of hydrogen-bond donors (Lipinski definition) is 2. The van der Waals surface area contributed by atoms with Crippen LogP contribution in [0.5, 0.6) is 5.75 Å². The number of pyridine rings is 1. The molecule has 1 aromatic heterocycles. The standard InChI is InChI=1S/C17H15BrClF3N4O2/c18-13-7-12(14(23)25-15(13)26-6-5-9(20)8-26)16(27)24-10-1-3-11(4-2-10)28-17(19,21)22/h1-4,7,9H,5-6,8H2,(H2,23,25)(H,24,27). The summed E-state index contributed by atoms with van der Waals surface area (Å²) in [5.41, 5.74) is 2.53. The van der Waals surface area contributed by atoms with Crippen LogP contribution < -0.4 is 20.7 Å². The maximum absolute atomic E-state index is 13.4. The van der Waals surface area contributed by atoms with Gasteiger partial charge in [-0.1, -0.05) is 0 Å². The van der Waals surface area contributed by atoms with Crippen LogP contribution in [0.3, 0.4) is 0 Å². The van der Waals surface area contributed by atoms with Gasteiger partial charge in [0, 0.05) is 23.8 Å². The lowest BCUT2D eigenvalue weighted by molar-refractivity contribution is -0.0964. The lowest BCUT2D eigenvalue weighted by Crippen LogP contribution is -2.23. The fraction of sp³-hybridized carbons (Fsp3) is 0.294. The number of carbonyl (C=O) groups excluding carboxylic acids is 1. The van der Waals surface area contributed by atoms with Crippen LogP contribution in [0.2, 0.25) is 0 Å². The lowest BCUT2D eigenvalue weighted by Gasteiger charge is -2.19. The summed E-state index contributed by atoms with van der Waals surface area (Å²) in [5.74, 6) is -0.251. The molecule has 0 aliphatic carbocycles. The number of halogens is 5. The SMILES string of the molecule is Nc1nc(N2CCC(F)C2)c(Br)cc1C(=O)Nc1ccc(OC(F)(F)Cl)cc1. The van der Waals surface area contributed by atoms with Gasteiger partial charge in [-0.3, -0.25) is 4.79 Å². The summed E-state index contributed by atoms with van der Waals surface area (Å²) in [7, 11) is 0. The highest BCUT2D eigenvalue weighted by Gasteiger charge is 2.28. The maximum Gasteiger partial charge on any atom is 0.487 e. The fourth-order valence-corrected chi connectivity index (χ4v) is 3.40. The van der Waals surface area contributed by atoms with E-state index in [4.69, 9.17) is 17.3 Å². The first kappa shape index (κ1) is 20.5. The number of nitrogens with one attached hydrogen (secondary N) is 1. The Kier molecular flexibility index (Phi) is 5.90. The van der Waals surface area contributed by atoms with Gasteiger partial charge >= 0.3 is 5.57 Å². The Balaban J connectivity index is 1.73. The molecule has 150 valence electrons. The highest BCUT2D eigenvalue weighted by molar-refractivity contribution is 9.10. The van der Waals surface area contributed by atoms with Gasteiger partial charge in [0.2, 0.25) is 0 Å². The van der Waals surface area contributed by atoms with Crippen molar-refractivity contribution in [1.29, 1.82) is 0 Å². The molecule has 2 heterocycles. The molecule has 1 aliphatic rings. The zero-order chi connectivity index (χ0) is 20.5. The predicted octanol–water partition coefficient (Wildman–Crippen LogP) is 4.39. The van der Waals surface area contributed by atoms with Crippen molar-refractivity contribution < 1.29 is 22.7 Å². The van der Waals surface area contributed by atoms with Crippen LogP contribution in [0.25, 0.3) is 0 Å². The van der Waals surface area contributed by atoms with Crippen LogP contribution in [0, 0.1) is 0 Å². The van der Waals surface area contributed by atoms with Crippen LogP contribution in [-0.4, -0.2) is 35.7 Å². The first-order valence-electron chi connectivity index (χ1n) is 8.14. The molecule has 11 heteroatoms. The predicted molar refractivity (Wildman–Crippen MR) is 104 cm³/mol. The summed E-state index contributed by atoms with van der Waals surface area (Å²) >= 11 is 8.04. The zero-order valence-corrected chi connectivity index (χ0v) is 16.6. The van der Waals surface area contributed by atoms with Gasteiger partial charge < -0.3 is 20.7 Å². The summed E-state index contributed by atoms with van der Waals surface area (Å²) in [5, 5.41) is 2.58. The molecule has 1 fully saturated rings. The van der Waals surface area contributed by atoms with Gasteiger partial charge in [0.25, 0.3) is 5.91 Å². The number of alkyl halides is 4. The van der Waals surface area contributed by atoms with E-state index in [1.807, 2.05) is 0 Å². The molecular weight excluding hydrogens is 465 g/mol. The third-order valence-electron chi connectivity index (χ3n) is 4.01. The second-order valence-electron chi connectivity index (χ2n) is 6.08. The molecule has 3 N–H and O–H groups in total. The smallest absolute Gasteiger partial charge is 0.420 e. The largest absolute Gasteiger partial charge is 0.487 e. The first-order valence-corrected chi connectivity index (χ1v) is 9.31. The van der Waals surface area contributed by atoms with Crippen LogP contribution >= 0.6 is 27.5 Å². The second kappa shape index (κ2) is 8.04. The van der Waals surface area contributed by atoms with Crippen molar-refractivity contribution in [3.8, 4) is 5.75 Å². The number of aromatic nitrogens is 1. The number of hydrogen-bond acceptors (Lipinski definition) is 5. The van der Waals surface area contributed by atoms with Crippen LogP contribution in [0.1, 0.15) is 16.8 Å². The van der Waals surface area contributed by atoms with E-state index in [1.165, 1.54) is 30.3 Å². The lowest BCUT2D eigenvalue weighted by atomic mass is 10.2. The molecule has 1 amide bonds. The molecule has 6 nitrogen and oxygen atoms in total. The number of amides is 1. The minimum absolute atomic E-state index is 0.0141. The molecule has 3 rings (SSSR count). The molecule has 0 saturated carbocycles. The van der Waals surface area contributed by atoms with Gasteiger partial charge in [0.05, 0.1) is 16.6 Å². The molecule has 0 bridgehead atoms. The van der Waals surface area contributed by atoms with E-state index < -0.39 is 17.6 Å². The quantitative estimate of drug-likeness (QED) is 0.622. The number of rotatable bonds is 5. The van der Waals surface area contributed by atoms with E-state index in [-0.39, 0.29) is 23.7 Å². The summed E-state index contributed by atoms with van der Waals surface area (Å²) in [4.78, 5) is 18.5. The monoisotopic (exact) mass is 478 g/mol. The Labute approximate surface area is 171 Å². The third-order valence-corrected chi connectivity index (χ3v) is 4.67. The van der Waals surface area contributed by atoms with E-state index in [9.17, 15) is 18.0 Å². The van der Waals surface area contributed by atoms with Crippen molar-refractivity contribution in [2.75, 3.05) is 29.0 Å². The van der Waals surface area contributed by atoms with E-state index in [1.54, 1.807) is 4.90 Å². The number of anilines is 3. The second-order valence-corrected chi connectivity index (χ2v) is 7.38. The minimum atomic E-state index is -3.82. The Morgan fingerprint density at radius 1 is 1.39 bits per heavy atom. The van der Waals surface area contributed by atoms with Crippen molar-refractivity contribution in [3.05, 3.63) is 40.4 Å². The molecule has 1 unspecified atom stereocenters. The van der Waals surface area contributed by atoms with E-state index in [0.717, 1.165) is 0 Å². The fourth-order valence-electron chi connectivity index (χ4n) is 2.74. The Morgan fingerprint density at radius 2 is 2.07 bits per heavy atom. The van der Waals surface area contributed by atoms with Gasteiger partial charge in [-0.05, 0) is 52.7 Å².